The average Bonchev–Trinajstić information content (AvgIpc) is 2.18. The molecule has 0 aliphatic carbocycles. The monoisotopic (exact) mass is 190 g/mol. The first-order valence-electron chi connectivity index (χ1n) is 4.84. The van der Waals surface area contributed by atoms with Gasteiger partial charge in [0.1, 0.15) is 0 Å². The minimum Gasteiger partial charge on any atom is -0.360 e. The maximum Gasteiger partial charge on any atom is 0.239 e. The molecule has 0 aromatic heterocycles. The number of aryl methyl sites for hydroxylation is 1. The maximum absolute atomic E-state index is 11.2. The summed E-state index contributed by atoms with van der Waals surface area (Å²) in [5, 5.41) is 2.82. The largest absolute Gasteiger partial charge is 0.360 e. The lowest BCUT2D eigenvalue weighted by Gasteiger charge is -2.28. The van der Waals surface area contributed by atoms with Gasteiger partial charge in [-0.1, -0.05) is 12.1 Å². The molecule has 1 saturated heterocycles. The number of nitrogens with zero attached hydrogens (tertiary/aromatic N) is 1. The van der Waals surface area contributed by atoms with Crippen LogP contribution in [-0.4, -0.2) is 25.5 Å². The molecule has 0 saturated carbocycles. The molecule has 1 amide bonds. The summed E-state index contributed by atoms with van der Waals surface area (Å²) >= 11 is 0. The van der Waals surface area contributed by atoms with Crippen molar-refractivity contribution in [3.8, 4) is 0 Å². The molecular weight excluding hydrogens is 176 g/mol. The number of piperazine rings is 1. The third-order valence-corrected chi connectivity index (χ3v) is 2.41. The summed E-state index contributed by atoms with van der Waals surface area (Å²) < 4.78 is 0. The molecule has 74 valence electrons. The van der Waals surface area contributed by atoms with Gasteiger partial charge in [-0.3, -0.25) is 4.79 Å². The van der Waals surface area contributed by atoms with Crippen molar-refractivity contribution >= 4 is 11.6 Å². The molecule has 3 heteroatoms. The van der Waals surface area contributed by atoms with Gasteiger partial charge in [-0.25, -0.2) is 0 Å². The summed E-state index contributed by atoms with van der Waals surface area (Å²) in [7, 11) is 0. The Balaban J connectivity index is 2.17. The Kier molecular flexibility index (Phi) is 2.39. The summed E-state index contributed by atoms with van der Waals surface area (Å²) in [5.74, 6) is 0.109. The summed E-state index contributed by atoms with van der Waals surface area (Å²) in [6, 6.07) is 8.24. The molecular formula is C11H14N2O. The van der Waals surface area contributed by atoms with Crippen LogP contribution in [0.3, 0.4) is 0 Å². The summed E-state index contributed by atoms with van der Waals surface area (Å²) in [6.45, 7) is 4.18. The highest BCUT2D eigenvalue weighted by Gasteiger charge is 2.15. The quantitative estimate of drug-likeness (QED) is 0.714. The number of rotatable bonds is 1. The van der Waals surface area contributed by atoms with Crippen LogP contribution in [-0.2, 0) is 4.79 Å². The minimum absolute atomic E-state index is 0.109. The van der Waals surface area contributed by atoms with E-state index in [0.29, 0.717) is 6.54 Å². The molecule has 1 aliphatic rings. The van der Waals surface area contributed by atoms with E-state index in [1.165, 1.54) is 5.56 Å². The third-order valence-electron chi connectivity index (χ3n) is 2.41. The zero-order chi connectivity index (χ0) is 9.97. The Morgan fingerprint density at radius 1 is 1.43 bits per heavy atom. The normalized spacial score (nSPS) is 16.6. The predicted molar refractivity (Wildman–Crippen MR) is 56.4 cm³/mol. The molecule has 3 nitrogen and oxygen atoms in total. The van der Waals surface area contributed by atoms with Crippen molar-refractivity contribution in [2.75, 3.05) is 24.5 Å². The summed E-state index contributed by atoms with van der Waals surface area (Å²) in [4.78, 5) is 13.3. The van der Waals surface area contributed by atoms with E-state index >= 15 is 0 Å². The highest BCUT2D eigenvalue weighted by Crippen LogP contribution is 2.15. The molecule has 0 atom stereocenters. The number of hydrogen-bond acceptors (Lipinski definition) is 2. The topological polar surface area (TPSA) is 32.3 Å². The highest BCUT2D eigenvalue weighted by atomic mass is 16.2. The molecule has 14 heavy (non-hydrogen) atoms. The molecule has 1 aliphatic heterocycles. The number of nitrogens with one attached hydrogen (secondary N) is 1. The van der Waals surface area contributed by atoms with Gasteiger partial charge in [-0.2, -0.15) is 0 Å². The van der Waals surface area contributed by atoms with Gasteiger partial charge in [0.2, 0.25) is 5.91 Å². The van der Waals surface area contributed by atoms with Crippen molar-refractivity contribution in [1.29, 1.82) is 0 Å². The van der Waals surface area contributed by atoms with Gasteiger partial charge in [0.05, 0.1) is 6.54 Å². The van der Waals surface area contributed by atoms with Crippen molar-refractivity contribution in [3.63, 3.8) is 0 Å². The number of benzene rings is 1. The van der Waals surface area contributed by atoms with Crippen LogP contribution in [0.25, 0.3) is 0 Å². The van der Waals surface area contributed by atoms with E-state index in [1.54, 1.807) is 0 Å². The fraction of sp³-hybridized carbons (Fsp3) is 0.364. The van der Waals surface area contributed by atoms with Gasteiger partial charge in [-0.05, 0) is 24.6 Å². The van der Waals surface area contributed by atoms with Gasteiger partial charge >= 0.3 is 0 Å². The molecule has 0 radical (unpaired) electrons. The molecule has 0 bridgehead atoms. The zero-order valence-electron chi connectivity index (χ0n) is 8.29. The number of amides is 1. The van der Waals surface area contributed by atoms with E-state index in [1.807, 2.05) is 12.1 Å². The Labute approximate surface area is 83.7 Å². The second-order valence-electron chi connectivity index (χ2n) is 3.61. The van der Waals surface area contributed by atoms with Crippen molar-refractivity contribution in [1.82, 2.24) is 5.32 Å². The van der Waals surface area contributed by atoms with Crippen LogP contribution in [0, 0.1) is 6.92 Å². The second kappa shape index (κ2) is 3.70. The third kappa shape index (κ3) is 1.87. The SMILES string of the molecule is Cc1cccc(N2CCNC(=O)C2)c1. The lowest BCUT2D eigenvalue weighted by atomic mass is 10.2. The van der Waals surface area contributed by atoms with E-state index in [4.69, 9.17) is 0 Å². The molecule has 0 unspecified atom stereocenters. The standard InChI is InChI=1S/C11H14N2O/c1-9-3-2-4-10(7-9)13-6-5-12-11(14)8-13/h2-4,7H,5-6,8H2,1H3,(H,12,14). The molecule has 1 aromatic carbocycles. The molecule has 1 aromatic rings. The minimum atomic E-state index is 0.109. The van der Waals surface area contributed by atoms with Crippen molar-refractivity contribution in [2.24, 2.45) is 0 Å². The van der Waals surface area contributed by atoms with E-state index in [9.17, 15) is 4.79 Å². The van der Waals surface area contributed by atoms with Crippen molar-refractivity contribution in [2.45, 2.75) is 6.92 Å². The van der Waals surface area contributed by atoms with E-state index in [2.05, 4.69) is 29.3 Å². The number of carbonyl (C=O) groups excluding carboxylic acids is 1. The van der Waals surface area contributed by atoms with E-state index in [-0.39, 0.29) is 5.91 Å². The van der Waals surface area contributed by atoms with Gasteiger partial charge in [0.15, 0.2) is 0 Å². The lowest BCUT2D eigenvalue weighted by Crippen LogP contribution is -2.47. The van der Waals surface area contributed by atoms with E-state index in [0.717, 1.165) is 18.8 Å². The summed E-state index contributed by atoms with van der Waals surface area (Å²) in [5.41, 5.74) is 2.37. The van der Waals surface area contributed by atoms with Crippen LogP contribution in [0.15, 0.2) is 24.3 Å². The smallest absolute Gasteiger partial charge is 0.239 e. The zero-order valence-corrected chi connectivity index (χ0v) is 8.29. The first kappa shape index (κ1) is 9.06. The maximum atomic E-state index is 11.2. The molecule has 1 N–H and O–H groups in total. The molecule has 0 spiro atoms. The number of carbonyl (C=O) groups is 1. The number of hydrogen-bond donors (Lipinski definition) is 1. The Bertz CT molecular complexity index is 349. The Morgan fingerprint density at radius 3 is 3.00 bits per heavy atom. The molecule has 1 fully saturated rings. The van der Waals surface area contributed by atoms with Crippen LogP contribution < -0.4 is 10.2 Å². The summed E-state index contributed by atoms with van der Waals surface area (Å²) in [6.07, 6.45) is 0. The molecule has 1 heterocycles. The Morgan fingerprint density at radius 2 is 2.29 bits per heavy atom. The van der Waals surface area contributed by atoms with Crippen LogP contribution in [0.5, 0.6) is 0 Å². The Hall–Kier alpha value is -1.51. The fourth-order valence-corrected chi connectivity index (χ4v) is 1.68. The average molecular weight is 190 g/mol. The number of anilines is 1. The van der Waals surface area contributed by atoms with Crippen LogP contribution in [0.4, 0.5) is 5.69 Å². The predicted octanol–water partition coefficient (Wildman–Crippen LogP) is 0.931. The van der Waals surface area contributed by atoms with Gasteiger partial charge in [0.25, 0.3) is 0 Å². The van der Waals surface area contributed by atoms with Crippen molar-refractivity contribution < 1.29 is 4.79 Å². The van der Waals surface area contributed by atoms with E-state index < -0.39 is 0 Å². The molecule has 2 rings (SSSR count). The fourth-order valence-electron chi connectivity index (χ4n) is 1.68. The lowest BCUT2D eigenvalue weighted by molar-refractivity contribution is -0.120. The first-order chi connectivity index (χ1) is 6.75. The van der Waals surface area contributed by atoms with Gasteiger partial charge < -0.3 is 10.2 Å². The van der Waals surface area contributed by atoms with Crippen molar-refractivity contribution in [3.05, 3.63) is 29.8 Å². The second-order valence-corrected chi connectivity index (χ2v) is 3.61. The highest BCUT2D eigenvalue weighted by molar-refractivity contribution is 5.82. The van der Waals surface area contributed by atoms with Crippen LogP contribution >= 0.6 is 0 Å². The first-order valence-corrected chi connectivity index (χ1v) is 4.84. The van der Waals surface area contributed by atoms with Gasteiger partial charge in [-0.15, -0.1) is 0 Å². The van der Waals surface area contributed by atoms with Crippen LogP contribution in [0.2, 0.25) is 0 Å². The van der Waals surface area contributed by atoms with Gasteiger partial charge in [0, 0.05) is 18.8 Å². The van der Waals surface area contributed by atoms with Crippen LogP contribution in [0.1, 0.15) is 5.56 Å².